The summed E-state index contributed by atoms with van der Waals surface area (Å²) in [5, 5.41) is 0. The first-order valence-electron chi connectivity index (χ1n) is 8.90. The van der Waals surface area contributed by atoms with Crippen LogP contribution in [0, 0.1) is 17.8 Å². The second kappa shape index (κ2) is 7.13. The number of carbonyl (C=O) groups excluding carboxylic acids is 1. The molecule has 2 rings (SSSR count). The molecular weight excluding hydrogens is 262 g/mol. The Kier molecular flexibility index (Phi) is 5.70. The SMILES string of the molecule is CCOC(=O)CC1(N2CCCC2)CC(C)CCC1C(C)C. The molecule has 3 heteroatoms. The van der Waals surface area contributed by atoms with E-state index >= 15 is 0 Å². The summed E-state index contributed by atoms with van der Waals surface area (Å²) in [6.07, 6.45) is 6.88. The summed E-state index contributed by atoms with van der Waals surface area (Å²) in [6.45, 7) is 11.7. The Bertz CT molecular complexity index is 349. The zero-order valence-corrected chi connectivity index (χ0v) is 14.4. The molecule has 3 unspecified atom stereocenters. The van der Waals surface area contributed by atoms with E-state index in [0.717, 1.165) is 25.4 Å². The lowest BCUT2D eigenvalue weighted by molar-refractivity contribution is -0.150. The van der Waals surface area contributed by atoms with Gasteiger partial charge in [-0.1, -0.05) is 27.2 Å². The molecule has 122 valence electrons. The van der Waals surface area contributed by atoms with Crippen LogP contribution in [0.3, 0.4) is 0 Å². The molecule has 2 fully saturated rings. The molecule has 3 nitrogen and oxygen atoms in total. The molecule has 0 radical (unpaired) electrons. The quantitative estimate of drug-likeness (QED) is 0.721. The van der Waals surface area contributed by atoms with E-state index in [1.807, 2.05) is 6.92 Å². The first-order chi connectivity index (χ1) is 9.99. The standard InChI is InChI=1S/C18H33NO2/c1-5-21-17(20)13-18(19-10-6-7-11-19)12-15(4)8-9-16(18)14(2)3/h14-16H,5-13H2,1-4H3. The molecule has 0 N–H and O–H groups in total. The molecule has 1 saturated heterocycles. The Hall–Kier alpha value is -0.570. The van der Waals surface area contributed by atoms with Gasteiger partial charge in [0.25, 0.3) is 0 Å². The molecule has 1 saturated carbocycles. The summed E-state index contributed by atoms with van der Waals surface area (Å²) < 4.78 is 5.33. The third kappa shape index (κ3) is 3.61. The Labute approximate surface area is 130 Å². The van der Waals surface area contributed by atoms with Crippen molar-refractivity contribution in [2.45, 2.75) is 71.8 Å². The fourth-order valence-corrected chi connectivity index (χ4v) is 4.85. The normalized spacial score (nSPS) is 34.3. The summed E-state index contributed by atoms with van der Waals surface area (Å²) in [5.74, 6) is 1.97. The van der Waals surface area contributed by atoms with Crippen molar-refractivity contribution in [1.82, 2.24) is 4.90 Å². The van der Waals surface area contributed by atoms with Crippen LogP contribution in [-0.4, -0.2) is 36.1 Å². The number of likely N-dealkylation sites (tertiary alicyclic amines) is 1. The van der Waals surface area contributed by atoms with Gasteiger partial charge in [-0.3, -0.25) is 9.69 Å². The number of nitrogens with zero attached hydrogens (tertiary/aromatic N) is 1. The van der Waals surface area contributed by atoms with Gasteiger partial charge in [0.05, 0.1) is 13.0 Å². The van der Waals surface area contributed by atoms with Crippen LogP contribution in [0.2, 0.25) is 0 Å². The Balaban J connectivity index is 2.28. The highest BCUT2D eigenvalue weighted by Gasteiger charge is 2.50. The van der Waals surface area contributed by atoms with E-state index in [-0.39, 0.29) is 11.5 Å². The van der Waals surface area contributed by atoms with Gasteiger partial charge in [-0.05, 0) is 63.5 Å². The van der Waals surface area contributed by atoms with E-state index in [2.05, 4.69) is 25.7 Å². The summed E-state index contributed by atoms with van der Waals surface area (Å²) in [6, 6.07) is 0. The Morgan fingerprint density at radius 3 is 2.52 bits per heavy atom. The Morgan fingerprint density at radius 1 is 1.29 bits per heavy atom. The molecular formula is C18H33NO2. The predicted molar refractivity (Wildman–Crippen MR) is 86.1 cm³/mol. The van der Waals surface area contributed by atoms with E-state index in [9.17, 15) is 4.79 Å². The fraction of sp³-hybridized carbons (Fsp3) is 0.944. The van der Waals surface area contributed by atoms with Gasteiger partial charge < -0.3 is 4.74 Å². The van der Waals surface area contributed by atoms with Crippen molar-refractivity contribution in [3.8, 4) is 0 Å². The van der Waals surface area contributed by atoms with Crippen molar-refractivity contribution in [2.24, 2.45) is 17.8 Å². The summed E-state index contributed by atoms with van der Waals surface area (Å²) in [7, 11) is 0. The molecule has 0 spiro atoms. The van der Waals surface area contributed by atoms with Crippen LogP contribution in [0.25, 0.3) is 0 Å². The zero-order valence-electron chi connectivity index (χ0n) is 14.4. The van der Waals surface area contributed by atoms with Gasteiger partial charge in [-0.25, -0.2) is 0 Å². The zero-order chi connectivity index (χ0) is 15.5. The minimum absolute atomic E-state index is 0.00384. The maximum Gasteiger partial charge on any atom is 0.307 e. The van der Waals surface area contributed by atoms with Crippen LogP contribution in [0.15, 0.2) is 0 Å². The smallest absolute Gasteiger partial charge is 0.307 e. The van der Waals surface area contributed by atoms with E-state index in [0.29, 0.717) is 24.9 Å². The monoisotopic (exact) mass is 295 g/mol. The van der Waals surface area contributed by atoms with Crippen LogP contribution < -0.4 is 0 Å². The minimum atomic E-state index is 0.00384. The van der Waals surface area contributed by atoms with E-state index in [4.69, 9.17) is 4.74 Å². The largest absolute Gasteiger partial charge is 0.466 e. The number of rotatable bonds is 5. The van der Waals surface area contributed by atoms with Gasteiger partial charge in [0.1, 0.15) is 0 Å². The molecule has 21 heavy (non-hydrogen) atoms. The fourth-order valence-electron chi connectivity index (χ4n) is 4.85. The summed E-state index contributed by atoms with van der Waals surface area (Å²) >= 11 is 0. The van der Waals surface area contributed by atoms with Crippen molar-refractivity contribution >= 4 is 5.97 Å². The maximum atomic E-state index is 12.3. The highest BCUT2D eigenvalue weighted by Crippen LogP contribution is 2.48. The molecule has 1 heterocycles. The predicted octanol–water partition coefficient (Wildman–Crippen LogP) is 3.87. The van der Waals surface area contributed by atoms with Crippen molar-refractivity contribution in [3.63, 3.8) is 0 Å². The molecule has 1 aliphatic heterocycles. The summed E-state index contributed by atoms with van der Waals surface area (Å²) in [4.78, 5) is 14.9. The molecule has 0 bridgehead atoms. The maximum absolute atomic E-state index is 12.3. The topological polar surface area (TPSA) is 29.5 Å². The van der Waals surface area contributed by atoms with Gasteiger partial charge in [0.15, 0.2) is 0 Å². The van der Waals surface area contributed by atoms with Gasteiger partial charge in [0, 0.05) is 5.54 Å². The van der Waals surface area contributed by atoms with Gasteiger partial charge in [-0.2, -0.15) is 0 Å². The minimum Gasteiger partial charge on any atom is -0.466 e. The third-order valence-corrected chi connectivity index (χ3v) is 5.66. The van der Waals surface area contributed by atoms with Gasteiger partial charge >= 0.3 is 5.97 Å². The van der Waals surface area contributed by atoms with Crippen molar-refractivity contribution < 1.29 is 9.53 Å². The lowest BCUT2D eigenvalue weighted by atomic mass is 9.62. The second-order valence-electron chi connectivity index (χ2n) is 7.52. The number of esters is 1. The van der Waals surface area contributed by atoms with Crippen LogP contribution >= 0.6 is 0 Å². The van der Waals surface area contributed by atoms with Crippen LogP contribution in [0.5, 0.6) is 0 Å². The van der Waals surface area contributed by atoms with Gasteiger partial charge in [0.2, 0.25) is 0 Å². The van der Waals surface area contributed by atoms with E-state index in [1.54, 1.807) is 0 Å². The first-order valence-corrected chi connectivity index (χ1v) is 8.90. The van der Waals surface area contributed by atoms with Crippen LogP contribution in [0.4, 0.5) is 0 Å². The average molecular weight is 295 g/mol. The Morgan fingerprint density at radius 2 is 1.95 bits per heavy atom. The van der Waals surface area contributed by atoms with Crippen molar-refractivity contribution in [1.29, 1.82) is 0 Å². The number of carbonyl (C=O) groups is 1. The van der Waals surface area contributed by atoms with E-state index < -0.39 is 0 Å². The molecule has 0 aromatic carbocycles. The molecule has 0 aromatic heterocycles. The van der Waals surface area contributed by atoms with Crippen LogP contribution in [-0.2, 0) is 9.53 Å². The van der Waals surface area contributed by atoms with Gasteiger partial charge in [-0.15, -0.1) is 0 Å². The second-order valence-corrected chi connectivity index (χ2v) is 7.52. The van der Waals surface area contributed by atoms with Crippen LogP contribution in [0.1, 0.15) is 66.2 Å². The molecule has 0 amide bonds. The number of hydrogen-bond donors (Lipinski definition) is 0. The highest BCUT2D eigenvalue weighted by atomic mass is 16.5. The summed E-state index contributed by atoms with van der Waals surface area (Å²) in [5.41, 5.74) is 0.0502. The van der Waals surface area contributed by atoms with E-state index in [1.165, 1.54) is 25.7 Å². The molecule has 2 aliphatic rings. The molecule has 3 atom stereocenters. The highest BCUT2D eigenvalue weighted by molar-refractivity contribution is 5.71. The molecule has 1 aliphatic carbocycles. The lowest BCUT2D eigenvalue weighted by Crippen LogP contribution is -2.58. The number of ether oxygens (including phenoxy) is 1. The first kappa shape index (κ1) is 16.8. The number of hydrogen-bond acceptors (Lipinski definition) is 3. The van der Waals surface area contributed by atoms with Crippen molar-refractivity contribution in [3.05, 3.63) is 0 Å². The molecule has 0 aromatic rings. The van der Waals surface area contributed by atoms with Crippen molar-refractivity contribution in [2.75, 3.05) is 19.7 Å². The third-order valence-electron chi connectivity index (χ3n) is 5.66. The average Bonchev–Trinajstić information content (AvgIpc) is 2.92. The lowest BCUT2D eigenvalue weighted by Gasteiger charge is -2.53.